The largest absolute Gasteiger partial charge is 0.493 e. The van der Waals surface area contributed by atoms with Gasteiger partial charge >= 0.3 is 5.69 Å². The van der Waals surface area contributed by atoms with Crippen molar-refractivity contribution in [3.05, 3.63) is 80.1 Å². The minimum absolute atomic E-state index is 0.00186. The van der Waals surface area contributed by atoms with Gasteiger partial charge in [0.1, 0.15) is 0 Å². The summed E-state index contributed by atoms with van der Waals surface area (Å²) in [4.78, 5) is 41.4. The lowest BCUT2D eigenvalue weighted by Gasteiger charge is -2.15. The fraction of sp³-hybridized carbons (Fsp3) is 0.333. The number of nitrogens with zero attached hydrogens (tertiary/aromatic N) is 4. The molecule has 3 rings (SSSR count). The maximum atomic E-state index is 13.4. The van der Waals surface area contributed by atoms with E-state index in [0.717, 1.165) is 20.4 Å². The number of carbonyl (C=O) groups excluding carboxylic acids is 1. The molecule has 1 aromatic heterocycles. The third-order valence-electron chi connectivity index (χ3n) is 5.32. The quantitative estimate of drug-likeness (QED) is 0.501. The number of amides is 1. The number of hydrogen-bond donors (Lipinski definition) is 1. The number of hydrogen-bond acceptors (Lipinski definition) is 7. The number of carbonyl (C=O) groups is 1. The van der Waals surface area contributed by atoms with Crippen LogP contribution in [0.1, 0.15) is 21.6 Å². The molecule has 0 aliphatic carbocycles. The van der Waals surface area contributed by atoms with E-state index >= 15 is 0 Å². The van der Waals surface area contributed by atoms with Gasteiger partial charge in [-0.05, 0) is 44.3 Å². The molecule has 2 aromatic carbocycles. The molecule has 0 aliphatic heterocycles. The molecule has 0 unspecified atom stereocenters. The van der Waals surface area contributed by atoms with Gasteiger partial charge in [-0.1, -0.05) is 24.3 Å². The predicted molar refractivity (Wildman–Crippen MR) is 128 cm³/mol. The second-order valence-electron chi connectivity index (χ2n) is 7.96. The second-order valence-corrected chi connectivity index (χ2v) is 7.96. The molecule has 0 saturated carbocycles. The van der Waals surface area contributed by atoms with E-state index < -0.39 is 17.2 Å². The van der Waals surface area contributed by atoms with Crippen LogP contribution in [0.25, 0.3) is 5.69 Å². The predicted octanol–water partition coefficient (Wildman–Crippen LogP) is 1.06. The first kappa shape index (κ1) is 24.7. The standard InChI is InChI=1S/C24H29N5O5/c1-16-8-6-7-9-17(16)15-28-23(31)21(22(30)25-12-13-27(2)3)26-29(24(28)32)18-10-11-19(33-4)20(14-18)34-5/h6-11,14H,12-13,15H2,1-5H3,(H,25,30). The molecule has 1 heterocycles. The molecular weight excluding hydrogens is 438 g/mol. The fourth-order valence-electron chi connectivity index (χ4n) is 3.36. The average Bonchev–Trinajstić information content (AvgIpc) is 2.82. The Morgan fingerprint density at radius 3 is 2.41 bits per heavy atom. The van der Waals surface area contributed by atoms with Crippen LogP contribution in [0.4, 0.5) is 0 Å². The first-order chi connectivity index (χ1) is 16.3. The third-order valence-corrected chi connectivity index (χ3v) is 5.32. The van der Waals surface area contributed by atoms with Crippen molar-refractivity contribution in [1.82, 2.24) is 24.6 Å². The lowest BCUT2D eigenvalue weighted by molar-refractivity contribution is 0.0941. The molecule has 0 saturated heterocycles. The Morgan fingerprint density at radius 2 is 1.76 bits per heavy atom. The molecule has 0 aliphatic rings. The molecule has 1 amide bonds. The Kier molecular flexibility index (Phi) is 7.85. The van der Waals surface area contributed by atoms with Gasteiger partial charge in [-0.3, -0.25) is 14.2 Å². The maximum absolute atomic E-state index is 13.4. The van der Waals surface area contributed by atoms with E-state index in [1.165, 1.54) is 14.2 Å². The van der Waals surface area contributed by atoms with Gasteiger partial charge in [0.05, 0.1) is 26.5 Å². The molecule has 0 spiro atoms. The molecule has 10 nitrogen and oxygen atoms in total. The zero-order valence-corrected chi connectivity index (χ0v) is 20.0. The Balaban J connectivity index is 2.17. The van der Waals surface area contributed by atoms with Gasteiger partial charge in [-0.2, -0.15) is 9.78 Å². The van der Waals surface area contributed by atoms with Gasteiger partial charge in [0.2, 0.25) is 5.69 Å². The van der Waals surface area contributed by atoms with Gasteiger partial charge in [0.15, 0.2) is 11.5 Å². The maximum Gasteiger partial charge on any atom is 0.352 e. The van der Waals surface area contributed by atoms with E-state index in [2.05, 4.69) is 10.4 Å². The number of benzene rings is 2. The molecule has 34 heavy (non-hydrogen) atoms. The lowest BCUT2D eigenvalue weighted by atomic mass is 10.1. The van der Waals surface area contributed by atoms with Crippen molar-refractivity contribution < 1.29 is 14.3 Å². The third kappa shape index (κ3) is 5.34. The first-order valence-electron chi connectivity index (χ1n) is 10.7. The van der Waals surface area contributed by atoms with E-state index in [9.17, 15) is 14.4 Å². The summed E-state index contributed by atoms with van der Waals surface area (Å²) >= 11 is 0. The van der Waals surface area contributed by atoms with E-state index in [4.69, 9.17) is 9.47 Å². The Bertz CT molecular complexity index is 1300. The van der Waals surface area contributed by atoms with Crippen LogP contribution in [-0.4, -0.2) is 66.6 Å². The smallest absolute Gasteiger partial charge is 0.352 e. The number of aromatic nitrogens is 3. The number of likely N-dealkylation sites (N-methyl/N-ethyl adjacent to an activating group) is 1. The topological polar surface area (TPSA) is 108 Å². The molecular formula is C24H29N5O5. The molecule has 0 fully saturated rings. The van der Waals surface area contributed by atoms with Crippen LogP contribution in [-0.2, 0) is 6.54 Å². The van der Waals surface area contributed by atoms with Crippen molar-refractivity contribution in [2.75, 3.05) is 41.4 Å². The Labute approximate surface area is 197 Å². The molecule has 3 aromatic rings. The fourth-order valence-corrected chi connectivity index (χ4v) is 3.36. The highest BCUT2D eigenvalue weighted by Gasteiger charge is 2.21. The molecule has 180 valence electrons. The van der Waals surface area contributed by atoms with Gasteiger partial charge in [-0.25, -0.2) is 4.79 Å². The summed E-state index contributed by atoms with van der Waals surface area (Å²) in [6.45, 7) is 2.79. The highest BCUT2D eigenvalue weighted by Crippen LogP contribution is 2.28. The van der Waals surface area contributed by atoms with E-state index in [-0.39, 0.29) is 12.2 Å². The normalized spacial score (nSPS) is 10.9. The number of rotatable bonds is 9. The molecule has 1 N–H and O–H groups in total. The summed E-state index contributed by atoms with van der Waals surface area (Å²) in [6.07, 6.45) is 0. The minimum atomic E-state index is -0.757. The minimum Gasteiger partial charge on any atom is -0.493 e. The Morgan fingerprint density at radius 1 is 1.06 bits per heavy atom. The molecule has 10 heteroatoms. The van der Waals surface area contributed by atoms with Crippen molar-refractivity contribution >= 4 is 5.91 Å². The number of ether oxygens (including phenoxy) is 2. The average molecular weight is 468 g/mol. The van der Waals surface area contributed by atoms with Crippen LogP contribution >= 0.6 is 0 Å². The van der Waals surface area contributed by atoms with E-state index in [1.807, 2.05) is 50.2 Å². The first-order valence-corrected chi connectivity index (χ1v) is 10.7. The molecule has 0 radical (unpaired) electrons. The van der Waals surface area contributed by atoms with E-state index in [1.54, 1.807) is 18.2 Å². The van der Waals surface area contributed by atoms with Crippen LogP contribution in [0, 0.1) is 6.92 Å². The number of nitrogens with one attached hydrogen (secondary N) is 1. The number of aryl methyl sites for hydroxylation is 1. The summed E-state index contributed by atoms with van der Waals surface area (Å²) in [5.74, 6) is 0.191. The summed E-state index contributed by atoms with van der Waals surface area (Å²) in [5.41, 5.74) is 0.217. The lowest BCUT2D eigenvalue weighted by Crippen LogP contribution is -2.46. The van der Waals surface area contributed by atoms with Crippen molar-refractivity contribution in [2.45, 2.75) is 13.5 Å². The van der Waals surface area contributed by atoms with E-state index in [0.29, 0.717) is 30.3 Å². The molecule has 0 bridgehead atoms. The highest BCUT2D eigenvalue weighted by atomic mass is 16.5. The van der Waals surface area contributed by atoms with Gasteiger partial charge < -0.3 is 19.7 Å². The SMILES string of the molecule is COc1ccc(-n2nc(C(=O)NCCN(C)C)c(=O)n(Cc3ccccc3C)c2=O)cc1OC. The van der Waals surface area contributed by atoms with Crippen molar-refractivity contribution in [2.24, 2.45) is 0 Å². The van der Waals surface area contributed by atoms with Gasteiger partial charge in [0.25, 0.3) is 11.5 Å². The van der Waals surface area contributed by atoms with Crippen LogP contribution in [0.2, 0.25) is 0 Å². The van der Waals surface area contributed by atoms with Gasteiger partial charge in [-0.15, -0.1) is 0 Å². The highest BCUT2D eigenvalue weighted by molar-refractivity contribution is 5.91. The Hall–Kier alpha value is -3.92. The van der Waals surface area contributed by atoms with Crippen molar-refractivity contribution in [1.29, 1.82) is 0 Å². The monoisotopic (exact) mass is 467 g/mol. The van der Waals surface area contributed by atoms with Gasteiger partial charge in [0, 0.05) is 19.2 Å². The zero-order valence-electron chi connectivity index (χ0n) is 20.0. The summed E-state index contributed by atoms with van der Waals surface area (Å²) in [5, 5.41) is 6.84. The summed E-state index contributed by atoms with van der Waals surface area (Å²) in [6, 6.07) is 12.2. The van der Waals surface area contributed by atoms with Crippen LogP contribution < -0.4 is 26.0 Å². The van der Waals surface area contributed by atoms with Crippen LogP contribution in [0.5, 0.6) is 11.5 Å². The molecule has 0 atom stereocenters. The zero-order chi connectivity index (χ0) is 24.8. The summed E-state index contributed by atoms with van der Waals surface area (Å²) < 4.78 is 12.6. The van der Waals surface area contributed by atoms with Crippen LogP contribution in [0.15, 0.2) is 52.1 Å². The summed E-state index contributed by atoms with van der Waals surface area (Å²) in [7, 11) is 6.72. The van der Waals surface area contributed by atoms with Crippen molar-refractivity contribution in [3.63, 3.8) is 0 Å². The van der Waals surface area contributed by atoms with Crippen molar-refractivity contribution in [3.8, 4) is 17.2 Å². The second kappa shape index (κ2) is 10.8. The number of methoxy groups -OCH3 is 2. The van der Waals surface area contributed by atoms with Crippen LogP contribution in [0.3, 0.4) is 0 Å².